The summed E-state index contributed by atoms with van der Waals surface area (Å²) in [6.45, 7) is 4.55. The second-order valence-corrected chi connectivity index (χ2v) is 9.39. The van der Waals surface area contributed by atoms with Gasteiger partial charge in [-0.05, 0) is 30.5 Å². The Balaban J connectivity index is 2.24. The number of sulfonamides is 1. The number of amides is 1. The van der Waals surface area contributed by atoms with E-state index < -0.39 is 15.9 Å². The van der Waals surface area contributed by atoms with Gasteiger partial charge in [-0.25, -0.2) is 13.1 Å². The van der Waals surface area contributed by atoms with Crippen molar-refractivity contribution in [3.63, 3.8) is 0 Å². The van der Waals surface area contributed by atoms with Crippen molar-refractivity contribution in [1.82, 2.24) is 10.0 Å². The minimum Gasteiger partial charge on any atom is -0.496 e. The number of benzene rings is 2. The van der Waals surface area contributed by atoms with Gasteiger partial charge in [0.05, 0.1) is 22.7 Å². The standard InChI is InChI=1S/C20H24Cl2N2O4S/c1-13(2)8-9-23-20(25)15-10-19(17(22)11-16(15)21)29(26,27)24-12-14-6-4-5-7-18(14)28-3/h4-7,10-11,13,24H,8-9,12H2,1-3H3,(H,23,25). The van der Waals surface area contributed by atoms with Crippen LogP contribution >= 0.6 is 23.2 Å². The molecule has 0 atom stereocenters. The molecule has 0 aromatic heterocycles. The molecule has 6 nitrogen and oxygen atoms in total. The number of hydrogen-bond donors (Lipinski definition) is 2. The van der Waals surface area contributed by atoms with Crippen molar-refractivity contribution in [3.05, 3.63) is 57.6 Å². The van der Waals surface area contributed by atoms with Crippen molar-refractivity contribution in [3.8, 4) is 5.75 Å². The van der Waals surface area contributed by atoms with E-state index in [1.807, 2.05) is 13.8 Å². The summed E-state index contributed by atoms with van der Waals surface area (Å²) >= 11 is 12.2. The smallest absolute Gasteiger partial charge is 0.252 e. The fraction of sp³-hybridized carbons (Fsp3) is 0.350. The van der Waals surface area contributed by atoms with E-state index in [0.717, 1.165) is 6.42 Å². The molecule has 0 fully saturated rings. The van der Waals surface area contributed by atoms with Gasteiger partial charge >= 0.3 is 0 Å². The molecule has 158 valence electrons. The first-order valence-corrected chi connectivity index (χ1v) is 11.3. The van der Waals surface area contributed by atoms with Gasteiger partial charge in [0, 0.05) is 18.7 Å². The van der Waals surface area contributed by atoms with E-state index in [9.17, 15) is 13.2 Å². The Morgan fingerprint density at radius 3 is 2.48 bits per heavy atom. The fourth-order valence-corrected chi connectivity index (χ4v) is 4.44. The van der Waals surface area contributed by atoms with Crippen molar-refractivity contribution in [2.75, 3.05) is 13.7 Å². The Morgan fingerprint density at radius 1 is 1.14 bits per heavy atom. The van der Waals surface area contributed by atoms with Crippen molar-refractivity contribution >= 4 is 39.1 Å². The highest BCUT2D eigenvalue weighted by Crippen LogP contribution is 2.29. The molecule has 0 radical (unpaired) electrons. The van der Waals surface area contributed by atoms with Gasteiger partial charge in [-0.2, -0.15) is 0 Å². The lowest BCUT2D eigenvalue weighted by Gasteiger charge is -2.13. The van der Waals surface area contributed by atoms with Gasteiger partial charge in [-0.3, -0.25) is 4.79 Å². The van der Waals surface area contributed by atoms with E-state index in [1.165, 1.54) is 19.2 Å². The van der Waals surface area contributed by atoms with Crippen LogP contribution in [-0.4, -0.2) is 28.0 Å². The Hall–Kier alpha value is -1.80. The first kappa shape index (κ1) is 23.5. The molecule has 2 aromatic carbocycles. The molecule has 1 amide bonds. The molecule has 0 saturated heterocycles. The van der Waals surface area contributed by atoms with Crippen LogP contribution in [0.4, 0.5) is 0 Å². The van der Waals surface area contributed by atoms with E-state index in [1.54, 1.807) is 24.3 Å². The highest BCUT2D eigenvalue weighted by molar-refractivity contribution is 7.89. The lowest BCUT2D eigenvalue weighted by Crippen LogP contribution is -2.27. The number of rotatable bonds is 9. The van der Waals surface area contributed by atoms with Gasteiger partial charge in [0.1, 0.15) is 10.6 Å². The molecular weight excluding hydrogens is 435 g/mol. The van der Waals surface area contributed by atoms with Crippen LogP contribution in [0.2, 0.25) is 10.0 Å². The van der Waals surface area contributed by atoms with E-state index in [4.69, 9.17) is 27.9 Å². The molecule has 2 rings (SSSR count). The molecule has 0 aliphatic carbocycles. The SMILES string of the molecule is COc1ccccc1CNS(=O)(=O)c1cc(C(=O)NCCC(C)C)c(Cl)cc1Cl. The van der Waals surface area contributed by atoms with Crippen LogP contribution in [0.1, 0.15) is 36.2 Å². The maximum atomic E-state index is 12.8. The zero-order valence-electron chi connectivity index (χ0n) is 16.5. The molecular formula is C20H24Cl2N2O4S. The molecule has 0 bridgehead atoms. The third kappa shape index (κ3) is 6.34. The summed E-state index contributed by atoms with van der Waals surface area (Å²) in [5.41, 5.74) is 0.716. The molecule has 9 heteroatoms. The second kappa shape index (κ2) is 10.3. The fourth-order valence-electron chi connectivity index (χ4n) is 2.58. The van der Waals surface area contributed by atoms with Gasteiger partial charge in [-0.15, -0.1) is 0 Å². The van der Waals surface area contributed by atoms with E-state index >= 15 is 0 Å². The average Bonchev–Trinajstić information content (AvgIpc) is 2.66. The minimum absolute atomic E-state index is 0.00121. The maximum absolute atomic E-state index is 12.8. The number of nitrogens with one attached hydrogen (secondary N) is 2. The van der Waals surface area contributed by atoms with Crippen LogP contribution in [0.15, 0.2) is 41.3 Å². The van der Waals surface area contributed by atoms with E-state index in [-0.39, 0.29) is 27.0 Å². The topological polar surface area (TPSA) is 84.5 Å². The van der Waals surface area contributed by atoms with Crippen molar-refractivity contribution in [1.29, 1.82) is 0 Å². The molecule has 0 unspecified atom stereocenters. The summed E-state index contributed by atoms with van der Waals surface area (Å²) in [6.07, 6.45) is 0.794. The summed E-state index contributed by atoms with van der Waals surface area (Å²) in [4.78, 5) is 12.2. The molecule has 0 spiro atoms. The summed E-state index contributed by atoms with van der Waals surface area (Å²) in [7, 11) is -2.49. The number of para-hydroxylation sites is 1. The summed E-state index contributed by atoms with van der Waals surface area (Å²) in [5, 5.41) is 2.76. The number of hydrogen-bond acceptors (Lipinski definition) is 4. The quantitative estimate of drug-likeness (QED) is 0.587. The number of methoxy groups -OCH3 is 1. The Bertz CT molecular complexity index is 978. The summed E-state index contributed by atoms with van der Waals surface area (Å²) in [5.74, 6) is 0.530. The molecule has 0 saturated carbocycles. The van der Waals surface area contributed by atoms with Gasteiger partial charge in [0.25, 0.3) is 5.91 Å². The molecule has 0 heterocycles. The predicted molar refractivity (Wildman–Crippen MR) is 115 cm³/mol. The van der Waals surface area contributed by atoms with Crippen LogP contribution in [-0.2, 0) is 16.6 Å². The average molecular weight is 459 g/mol. The second-order valence-electron chi connectivity index (χ2n) is 6.84. The van der Waals surface area contributed by atoms with Crippen molar-refractivity contribution in [2.24, 2.45) is 5.92 Å². The minimum atomic E-state index is -4.00. The third-order valence-corrected chi connectivity index (χ3v) is 6.39. The number of carbonyl (C=O) groups is 1. The molecule has 0 aliphatic rings. The highest BCUT2D eigenvalue weighted by atomic mass is 35.5. The molecule has 2 aromatic rings. The first-order valence-electron chi connectivity index (χ1n) is 9.04. The van der Waals surface area contributed by atoms with E-state index in [0.29, 0.717) is 23.8 Å². The third-order valence-electron chi connectivity index (χ3n) is 4.21. The van der Waals surface area contributed by atoms with Crippen LogP contribution in [0.3, 0.4) is 0 Å². The normalized spacial score (nSPS) is 11.5. The van der Waals surface area contributed by atoms with Crippen LogP contribution in [0.25, 0.3) is 0 Å². The van der Waals surface area contributed by atoms with Gasteiger partial charge in [0.2, 0.25) is 10.0 Å². The lowest BCUT2D eigenvalue weighted by atomic mass is 10.1. The Morgan fingerprint density at radius 2 is 1.83 bits per heavy atom. The molecule has 29 heavy (non-hydrogen) atoms. The Labute approximate surface area is 181 Å². The van der Waals surface area contributed by atoms with Gasteiger partial charge in [-0.1, -0.05) is 55.2 Å². The van der Waals surface area contributed by atoms with Gasteiger partial charge < -0.3 is 10.1 Å². The monoisotopic (exact) mass is 458 g/mol. The lowest BCUT2D eigenvalue weighted by molar-refractivity contribution is 0.0952. The molecule has 0 aliphatic heterocycles. The zero-order chi connectivity index (χ0) is 21.6. The maximum Gasteiger partial charge on any atom is 0.252 e. The van der Waals surface area contributed by atoms with Crippen molar-refractivity contribution in [2.45, 2.75) is 31.7 Å². The highest BCUT2D eigenvalue weighted by Gasteiger charge is 2.23. The summed E-state index contributed by atoms with van der Waals surface area (Å²) < 4.78 is 33.3. The molecule has 2 N–H and O–H groups in total. The predicted octanol–water partition coefficient (Wildman–Crippen LogP) is 4.26. The Kier molecular flexibility index (Phi) is 8.34. The van der Waals surface area contributed by atoms with E-state index in [2.05, 4.69) is 10.0 Å². The van der Waals surface area contributed by atoms with Crippen LogP contribution in [0, 0.1) is 5.92 Å². The number of ether oxygens (including phenoxy) is 1. The largest absolute Gasteiger partial charge is 0.496 e. The first-order chi connectivity index (χ1) is 13.7. The van der Waals surface area contributed by atoms with Gasteiger partial charge in [0.15, 0.2) is 0 Å². The van der Waals surface area contributed by atoms with Crippen molar-refractivity contribution < 1.29 is 17.9 Å². The van der Waals surface area contributed by atoms with Crippen LogP contribution in [0.5, 0.6) is 5.75 Å². The summed E-state index contributed by atoms with van der Waals surface area (Å²) in [6, 6.07) is 9.51. The van der Waals surface area contributed by atoms with Crippen LogP contribution < -0.4 is 14.8 Å². The zero-order valence-corrected chi connectivity index (χ0v) is 18.8. The number of halogens is 2. The number of carbonyl (C=O) groups excluding carboxylic acids is 1.